The number of aliphatic carboxylic acids is 1. The van der Waals surface area contributed by atoms with Gasteiger partial charge in [-0.05, 0) is 17.9 Å². The van der Waals surface area contributed by atoms with E-state index in [1.807, 2.05) is 12.3 Å². The molecule has 1 atom stereocenters. The molecule has 0 aliphatic heterocycles. The lowest BCUT2D eigenvalue weighted by Crippen LogP contribution is -2.36. The normalized spacial score (nSPS) is 12.5. The molecule has 1 unspecified atom stereocenters. The van der Waals surface area contributed by atoms with E-state index in [9.17, 15) is 4.79 Å². The van der Waals surface area contributed by atoms with Crippen LogP contribution >= 0.6 is 11.3 Å². The van der Waals surface area contributed by atoms with Crippen molar-refractivity contribution in [1.82, 2.24) is 10.3 Å². The fourth-order valence-corrected chi connectivity index (χ4v) is 3.19. The van der Waals surface area contributed by atoms with Gasteiger partial charge in [0.05, 0.1) is 5.69 Å². The second-order valence-electron chi connectivity index (χ2n) is 5.98. The second kappa shape index (κ2) is 8.22. The molecule has 1 aromatic carbocycles. The van der Waals surface area contributed by atoms with Crippen LogP contribution in [0.15, 0.2) is 29.6 Å². The number of nitrogens with zero attached hydrogens (tertiary/aromatic N) is 1. The van der Waals surface area contributed by atoms with Crippen LogP contribution in [0.3, 0.4) is 0 Å². The molecule has 5 heteroatoms. The van der Waals surface area contributed by atoms with Crippen LogP contribution in [0, 0.1) is 0 Å². The third-order valence-electron chi connectivity index (χ3n) is 3.78. The van der Waals surface area contributed by atoms with Crippen molar-refractivity contribution in [3.63, 3.8) is 0 Å². The first kappa shape index (κ1) is 17.6. The van der Waals surface area contributed by atoms with Crippen LogP contribution in [-0.4, -0.2) is 22.1 Å². The molecular formula is C18H24N2O2S. The summed E-state index contributed by atoms with van der Waals surface area (Å²) in [4.78, 5) is 15.8. The van der Waals surface area contributed by atoms with Crippen LogP contribution < -0.4 is 5.32 Å². The van der Waals surface area contributed by atoms with Gasteiger partial charge in [0.25, 0.3) is 0 Å². The molecule has 23 heavy (non-hydrogen) atoms. The molecule has 124 valence electrons. The first-order valence-corrected chi connectivity index (χ1v) is 8.90. The van der Waals surface area contributed by atoms with Crippen LogP contribution in [0.1, 0.15) is 50.8 Å². The van der Waals surface area contributed by atoms with Crippen molar-refractivity contribution in [1.29, 1.82) is 0 Å². The number of carboxylic acids is 1. The van der Waals surface area contributed by atoms with Crippen molar-refractivity contribution in [2.45, 2.75) is 52.1 Å². The zero-order valence-electron chi connectivity index (χ0n) is 13.9. The van der Waals surface area contributed by atoms with Gasteiger partial charge in [0.1, 0.15) is 11.0 Å². The molecule has 2 N–H and O–H groups in total. The molecule has 0 spiro atoms. The lowest BCUT2D eigenvalue weighted by Gasteiger charge is -2.12. The Morgan fingerprint density at radius 1 is 1.30 bits per heavy atom. The second-order valence-corrected chi connectivity index (χ2v) is 6.84. The standard InChI is InChI=1S/C18H24N2O2S/c1-4-5-16(18(21)22)19-10-15-11-23-17(20-15)14-8-6-13(7-9-14)12(2)3/h6-9,11-12,16,19H,4-5,10H2,1-3H3,(H,21,22). The Kier molecular flexibility index (Phi) is 6.30. The van der Waals surface area contributed by atoms with Gasteiger partial charge >= 0.3 is 5.97 Å². The summed E-state index contributed by atoms with van der Waals surface area (Å²) in [5, 5.41) is 15.2. The van der Waals surface area contributed by atoms with E-state index in [-0.39, 0.29) is 0 Å². The Labute approximate surface area is 141 Å². The summed E-state index contributed by atoms with van der Waals surface area (Å²) in [7, 11) is 0. The van der Waals surface area contributed by atoms with Crippen molar-refractivity contribution in [3.8, 4) is 10.6 Å². The van der Waals surface area contributed by atoms with Crippen LogP contribution in [0.25, 0.3) is 10.6 Å². The van der Waals surface area contributed by atoms with Crippen LogP contribution in [0.4, 0.5) is 0 Å². The quantitative estimate of drug-likeness (QED) is 0.757. The SMILES string of the molecule is CCCC(NCc1csc(-c2ccc(C(C)C)cc2)n1)C(=O)O. The number of aromatic nitrogens is 1. The highest BCUT2D eigenvalue weighted by atomic mass is 32.1. The summed E-state index contributed by atoms with van der Waals surface area (Å²) >= 11 is 1.59. The smallest absolute Gasteiger partial charge is 0.320 e. The minimum atomic E-state index is -0.799. The summed E-state index contributed by atoms with van der Waals surface area (Å²) in [6.07, 6.45) is 1.47. The summed E-state index contributed by atoms with van der Waals surface area (Å²) < 4.78 is 0. The zero-order valence-corrected chi connectivity index (χ0v) is 14.7. The van der Waals surface area contributed by atoms with Gasteiger partial charge in [0.15, 0.2) is 0 Å². The molecule has 0 aliphatic carbocycles. The molecule has 1 aromatic heterocycles. The molecule has 0 saturated carbocycles. The van der Waals surface area contributed by atoms with Gasteiger partial charge in [-0.3, -0.25) is 10.1 Å². The zero-order chi connectivity index (χ0) is 16.8. The maximum absolute atomic E-state index is 11.1. The predicted molar refractivity (Wildman–Crippen MR) is 94.8 cm³/mol. The Morgan fingerprint density at radius 3 is 2.57 bits per heavy atom. The highest BCUT2D eigenvalue weighted by molar-refractivity contribution is 7.13. The largest absolute Gasteiger partial charge is 0.480 e. The maximum atomic E-state index is 11.1. The van der Waals surface area contributed by atoms with Crippen molar-refractivity contribution >= 4 is 17.3 Å². The fraction of sp³-hybridized carbons (Fsp3) is 0.444. The van der Waals surface area contributed by atoms with E-state index in [0.717, 1.165) is 22.7 Å². The van der Waals surface area contributed by atoms with Gasteiger partial charge in [-0.25, -0.2) is 4.98 Å². The van der Waals surface area contributed by atoms with Gasteiger partial charge in [-0.15, -0.1) is 11.3 Å². The average molecular weight is 332 g/mol. The summed E-state index contributed by atoms with van der Waals surface area (Å²) in [6, 6.07) is 7.98. The number of hydrogen-bond acceptors (Lipinski definition) is 4. The minimum Gasteiger partial charge on any atom is -0.480 e. The van der Waals surface area contributed by atoms with E-state index < -0.39 is 12.0 Å². The highest BCUT2D eigenvalue weighted by Crippen LogP contribution is 2.25. The van der Waals surface area contributed by atoms with Crippen molar-refractivity contribution in [3.05, 3.63) is 40.9 Å². The molecule has 0 bridgehead atoms. The summed E-state index contributed by atoms with van der Waals surface area (Å²) in [6.45, 7) is 6.83. The Hall–Kier alpha value is -1.72. The highest BCUT2D eigenvalue weighted by Gasteiger charge is 2.16. The van der Waals surface area contributed by atoms with E-state index >= 15 is 0 Å². The molecule has 0 amide bonds. The molecule has 0 aliphatic rings. The van der Waals surface area contributed by atoms with Crippen LogP contribution in [-0.2, 0) is 11.3 Å². The fourth-order valence-electron chi connectivity index (χ4n) is 2.36. The lowest BCUT2D eigenvalue weighted by atomic mass is 10.0. The third-order valence-corrected chi connectivity index (χ3v) is 4.72. The van der Waals surface area contributed by atoms with Gasteiger partial charge in [-0.2, -0.15) is 0 Å². The summed E-state index contributed by atoms with van der Waals surface area (Å²) in [5.74, 6) is -0.279. The molecule has 2 aromatic rings. The van der Waals surface area contributed by atoms with Gasteiger partial charge in [-0.1, -0.05) is 51.5 Å². The topological polar surface area (TPSA) is 62.2 Å². The number of carbonyl (C=O) groups is 1. The predicted octanol–water partition coefficient (Wildman–Crippen LogP) is 4.28. The molecule has 2 rings (SSSR count). The molecule has 0 radical (unpaired) electrons. The first-order valence-electron chi connectivity index (χ1n) is 8.02. The van der Waals surface area contributed by atoms with Gasteiger partial charge < -0.3 is 5.11 Å². The van der Waals surface area contributed by atoms with E-state index in [1.54, 1.807) is 11.3 Å². The number of carboxylic acid groups (broad SMARTS) is 1. The molecule has 4 nitrogen and oxygen atoms in total. The van der Waals surface area contributed by atoms with E-state index in [4.69, 9.17) is 5.11 Å². The first-order chi connectivity index (χ1) is 11.0. The Bertz CT molecular complexity index is 635. The van der Waals surface area contributed by atoms with Gasteiger partial charge in [0, 0.05) is 17.5 Å². The Morgan fingerprint density at radius 2 is 2.00 bits per heavy atom. The van der Waals surface area contributed by atoms with Crippen molar-refractivity contribution in [2.24, 2.45) is 0 Å². The number of hydrogen-bond donors (Lipinski definition) is 2. The number of nitrogens with one attached hydrogen (secondary N) is 1. The molecule has 0 saturated heterocycles. The van der Waals surface area contributed by atoms with Crippen molar-refractivity contribution < 1.29 is 9.90 Å². The monoisotopic (exact) mass is 332 g/mol. The number of benzene rings is 1. The van der Waals surface area contributed by atoms with Crippen LogP contribution in [0.5, 0.6) is 0 Å². The lowest BCUT2D eigenvalue weighted by molar-refractivity contribution is -0.139. The van der Waals surface area contributed by atoms with Crippen LogP contribution in [0.2, 0.25) is 0 Å². The molecular weight excluding hydrogens is 308 g/mol. The van der Waals surface area contributed by atoms with Crippen molar-refractivity contribution in [2.75, 3.05) is 0 Å². The Balaban J connectivity index is 2.01. The summed E-state index contributed by atoms with van der Waals surface area (Å²) in [5.41, 5.74) is 3.31. The maximum Gasteiger partial charge on any atom is 0.320 e. The third kappa shape index (κ3) is 4.88. The molecule has 0 fully saturated rings. The average Bonchev–Trinajstić information content (AvgIpc) is 3.00. The molecule has 1 heterocycles. The van der Waals surface area contributed by atoms with E-state index in [2.05, 4.69) is 48.4 Å². The van der Waals surface area contributed by atoms with E-state index in [0.29, 0.717) is 18.9 Å². The van der Waals surface area contributed by atoms with E-state index in [1.165, 1.54) is 5.56 Å². The van der Waals surface area contributed by atoms with Gasteiger partial charge in [0.2, 0.25) is 0 Å². The number of thiazole rings is 1. The minimum absolute atomic E-state index is 0.484. The number of rotatable bonds is 8.